The summed E-state index contributed by atoms with van der Waals surface area (Å²) in [6.45, 7) is 16.6. The highest BCUT2D eigenvalue weighted by Crippen LogP contribution is 2.37. The molecule has 0 unspecified atom stereocenters. The second-order valence-corrected chi connectivity index (χ2v) is 21.5. The van der Waals surface area contributed by atoms with E-state index < -0.39 is 0 Å². The predicted molar refractivity (Wildman–Crippen MR) is 318 cm³/mol. The fourth-order valence-corrected chi connectivity index (χ4v) is 9.77. The number of ketones is 3. The maximum absolute atomic E-state index is 13.5. The van der Waals surface area contributed by atoms with Crippen molar-refractivity contribution >= 4 is 17.3 Å². The van der Waals surface area contributed by atoms with Gasteiger partial charge in [-0.2, -0.15) is 0 Å². The summed E-state index contributed by atoms with van der Waals surface area (Å²) < 4.78 is 24.7. The van der Waals surface area contributed by atoms with Crippen molar-refractivity contribution in [3.63, 3.8) is 0 Å². The van der Waals surface area contributed by atoms with Crippen LogP contribution in [0.15, 0.2) is 231 Å². The molecule has 0 spiro atoms. The van der Waals surface area contributed by atoms with Crippen LogP contribution in [0.5, 0.6) is 46.0 Å². The molecule has 0 saturated heterocycles. The first-order valence-corrected chi connectivity index (χ1v) is 26.8. The van der Waals surface area contributed by atoms with Crippen molar-refractivity contribution in [1.29, 1.82) is 0 Å². The summed E-state index contributed by atoms with van der Waals surface area (Å²) in [4.78, 5) is 39.9. The SMILES string of the molecule is Cc1ccc(C)c(C(=O)c2ccc(Oc3ccc(C(C)(C)c4ccc(Oc5ccc(C(=O)c6ccc(Oc7ccc(C(C)(C)c8ccc(Oc9ccc(C(=O)c%10cc(C)ccc%10C)cc9)cc8)cc7)cc6)cc5)cc4)cc3)cc2)c1. The highest BCUT2D eigenvalue weighted by molar-refractivity contribution is 6.11. The number of hydrogen-bond donors (Lipinski definition) is 0. The van der Waals surface area contributed by atoms with Crippen molar-refractivity contribution in [3.05, 3.63) is 308 Å². The lowest BCUT2D eigenvalue weighted by Crippen LogP contribution is -2.18. The van der Waals surface area contributed by atoms with Gasteiger partial charge in [0.25, 0.3) is 0 Å². The Morgan fingerprint density at radius 2 is 0.463 bits per heavy atom. The standard InChI is InChI=1S/C73H62O7/c1-47-9-11-49(3)67(45-47)70(75)53-17-33-61(34-18-53)79-65-41-25-57(26-42-65)72(5,6)55-21-37-63(38-22-55)77-59-29-13-51(14-30-59)69(74)52-15-31-60(32-16-52)78-64-39-23-56(24-40-64)73(7,8)58-27-43-66(44-28-58)80-62-35-19-54(20-36-62)71(76)68-46-48(2)10-12-50(68)4/h9-46H,1-8H3. The van der Waals surface area contributed by atoms with E-state index >= 15 is 0 Å². The van der Waals surface area contributed by atoms with Gasteiger partial charge in [0.05, 0.1) is 0 Å². The first kappa shape index (κ1) is 53.8. The fourth-order valence-electron chi connectivity index (χ4n) is 9.77. The van der Waals surface area contributed by atoms with Crippen molar-refractivity contribution in [1.82, 2.24) is 0 Å². The van der Waals surface area contributed by atoms with Crippen LogP contribution >= 0.6 is 0 Å². The van der Waals surface area contributed by atoms with Gasteiger partial charge < -0.3 is 18.9 Å². The van der Waals surface area contributed by atoms with Gasteiger partial charge in [0.15, 0.2) is 17.3 Å². The zero-order valence-electron chi connectivity index (χ0n) is 46.3. The van der Waals surface area contributed by atoms with E-state index in [4.69, 9.17) is 18.9 Å². The van der Waals surface area contributed by atoms with Crippen LogP contribution in [-0.2, 0) is 10.8 Å². The van der Waals surface area contributed by atoms with Gasteiger partial charge in [-0.15, -0.1) is 0 Å². The molecule has 0 heterocycles. The number of benzene rings is 10. The number of hydrogen-bond acceptors (Lipinski definition) is 7. The largest absolute Gasteiger partial charge is 0.457 e. The molecule has 0 aliphatic carbocycles. The minimum absolute atomic E-state index is 0.00234. The van der Waals surface area contributed by atoms with Crippen LogP contribution in [0.2, 0.25) is 0 Å². The van der Waals surface area contributed by atoms with Gasteiger partial charge >= 0.3 is 0 Å². The summed E-state index contributed by atoms with van der Waals surface area (Å²) in [5, 5.41) is 0. The van der Waals surface area contributed by atoms with Gasteiger partial charge in [-0.05, 0) is 219 Å². The third kappa shape index (κ3) is 12.1. The highest BCUT2D eigenvalue weighted by atomic mass is 16.5. The molecule has 10 rings (SSSR count). The van der Waals surface area contributed by atoms with Gasteiger partial charge in [0.1, 0.15) is 46.0 Å². The average Bonchev–Trinajstić information content (AvgIpc) is 3.47. The molecule has 0 aromatic heterocycles. The zero-order chi connectivity index (χ0) is 56.1. The van der Waals surface area contributed by atoms with Gasteiger partial charge in [-0.25, -0.2) is 0 Å². The quantitative estimate of drug-likeness (QED) is 0.0791. The van der Waals surface area contributed by atoms with Gasteiger partial charge in [-0.1, -0.05) is 112 Å². The van der Waals surface area contributed by atoms with Crippen LogP contribution in [0.3, 0.4) is 0 Å². The lowest BCUT2D eigenvalue weighted by Gasteiger charge is -2.26. The molecule has 0 aliphatic rings. The molecule has 7 nitrogen and oxygen atoms in total. The van der Waals surface area contributed by atoms with E-state index in [1.54, 1.807) is 24.3 Å². The molecule has 0 saturated carbocycles. The van der Waals surface area contributed by atoms with Gasteiger partial charge in [0, 0.05) is 44.2 Å². The Hall–Kier alpha value is -9.59. The Labute approximate surface area is 469 Å². The number of carbonyl (C=O) groups is 3. The van der Waals surface area contributed by atoms with E-state index in [0.717, 1.165) is 44.5 Å². The summed E-state index contributed by atoms with van der Waals surface area (Å²) >= 11 is 0. The minimum atomic E-state index is -0.305. The number of carbonyl (C=O) groups excluding carboxylic acids is 3. The van der Waals surface area contributed by atoms with Crippen LogP contribution in [0.25, 0.3) is 0 Å². The molecule has 0 radical (unpaired) electrons. The molecule has 10 aromatic carbocycles. The maximum atomic E-state index is 13.5. The molecule has 0 atom stereocenters. The molecular weight excluding hydrogens is 989 g/mol. The Morgan fingerprint density at radius 1 is 0.263 bits per heavy atom. The number of aryl methyl sites for hydroxylation is 4. The molecule has 0 bridgehead atoms. The molecule has 7 heteroatoms. The fraction of sp³-hybridized carbons (Fsp3) is 0.137. The van der Waals surface area contributed by atoms with Crippen LogP contribution in [0, 0.1) is 27.7 Å². The summed E-state index contributed by atoms with van der Waals surface area (Å²) in [5.74, 6) is 5.22. The van der Waals surface area contributed by atoms with Gasteiger partial charge in [-0.3, -0.25) is 14.4 Å². The molecule has 0 amide bonds. The molecule has 0 aliphatic heterocycles. The zero-order valence-corrected chi connectivity index (χ0v) is 46.3. The Bertz CT molecular complexity index is 3580. The molecule has 10 aromatic rings. The highest BCUT2D eigenvalue weighted by Gasteiger charge is 2.25. The van der Waals surface area contributed by atoms with Crippen LogP contribution in [-0.4, -0.2) is 17.3 Å². The average molecular weight is 1050 g/mol. The maximum Gasteiger partial charge on any atom is 0.193 e. The second kappa shape index (κ2) is 22.8. The van der Waals surface area contributed by atoms with E-state index in [1.807, 2.05) is 185 Å². The van der Waals surface area contributed by atoms with Crippen LogP contribution in [0.1, 0.15) is 120 Å². The monoisotopic (exact) mass is 1050 g/mol. The minimum Gasteiger partial charge on any atom is -0.457 e. The van der Waals surface area contributed by atoms with Crippen LogP contribution in [0.4, 0.5) is 0 Å². The third-order valence-electron chi connectivity index (χ3n) is 15.0. The predicted octanol–water partition coefficient (Wildman–Crippen LogP) is 18.4. The summed E-state index contributed by atoms with van der Waals surface area (Å²) in [5.41, 5.74) is 11.7. The van der Waals surface area contributed by atoms with Gasteiger partial charge in [0.2, 0.25) is 0 Å². The first-order valence-electron chi connectivity index (χ1n) is 26.8. The Morgan fingerprint density at radius 3 is 0.688 bits per heavy atom. The Balaban J connectivity index is 0.689. The van der Waals surface area contributed by atoms with Crippen LogP contribution < -0.4 is 18.9 Å². The molecular formula is C73H62O7. The summed E-state index contributed by atoms with van der Waals surface area (Å²) in [6, 6.07) is 73.0. The van der Waals surface area contributed by atoms with Crippen molar-refractivity contribution < 1.29 is 33.3 Å². The Kier molecular flexibility index (Phi) is 15.3. The van der Waals surface area contributed by atoms with E-state index in [9.17, 15) is 14.4 Å². The van der Waals surface area contributed by atoms with Crippen molar-refractivity contribution in [2.75, 3.05) is 0 Å². The first-order chi connectivity index (χ1) is 38.5. The third-order valence-corrected chi connectivity index (χ3v) is 15.0. The molecule has 0 N–H and O–H groups in total. The summed E-state index contributed by atoms with van der Waals surface area (Å²) in [6.07, 6.45) is 0. The van der Waals surface area contributed by atoms with Crippen molar-refractivity contribution in [3.8, 4) is 46.0 Å². The van der Waals surface area contributed by atoms with E-state index in [1.165, 1.54) is 0 Å². The number of ether oxygens (including phenoxy) is 4. The van der Waals surface area contributed by atoms with Crippen molar-refractivity contribution in [2.45, 2.75) is 66.2 Å². The second-order valence-electron chi connectivity index (χ2n) is 21.5. The van der Waals surface area contributed by atoms with E-state index in [-0.39, 0.29) is 28.2 Å². The van der Waals surface area contributed by atoms with Crippen molar-refractivity contribution in [2.24, 2.45) is 0 Å². The molecule has 0 fully saturated rings. The smallest absolute Gasteiger partial charge is 0.193 e. The molecule has 396 valence electrons. The number of rotatable bonds is 18. The lowest BCUT2D eigenvalue weighted by atomic mass is 9.78. The molecule has 80 heavy (non-hydrogen) atoms. The normalized spacial score (nSPS) is 11.4. The summed E-state index contributed by atoms with van der Waals surface area (Å²) in [7, 11) is 0. The van der Waals surface area contributed by atoms with E-state index in [2.05, 4.69) is 76.2 Å². The van der Waals surface area contributed by atoms with E-state index in [0.29, 0.717) is 79.4 Å². The topological polar surface area (TPSA) is 88.1 Å². The lowest BCUT2D eigenvalue weighted by molar-refractivity contribution is 0.103.